The molecule has 1 aliphatic heterocycles. The summed E-state index contributed by atoms with van der Waals surface area (Å²) in [5, 5.41) is 13.0. The number of carbonyl (C=O) groups is 4. The Labute approximate surface area is 300 Å². The standard InChI is InChI=1S/C39H25Cl2N3O7/c40-22-11-18-30(31(41)19-22)37(46)42(20-32(45)21-9-14-24(15-10-21)51-25-16-12-23(13-17-25)44(49)50)43-38(47)35-33-26-5-1-2-6-27(26)34(36(35)39(43)48)29-8-4-3-7-28(29)33/h1-19,33-36H,20H2/t33?,34?,35-,36-/m0/s1. The van der Waals surface area contributed by atoms with Crippen molar-refractivity contribution in [3.63, 3.8) is 0 Å². The molecule has 1 fully saturated rings. The van der Waals surface area contributed by atoms with Crippen LogP contribution in [0.1, 0.15) is 54.8 Å². The Morgan fingerprint density at radius 3 is 1.69 bits per heavy atom. The number of nitrogens with zero attached hydrogens (tertiary/aromatic N) is 3. The van der Waals surface area contributed by atoms with Gasteiger partial charge in [0.05, 0.1) is 27.3 Å². The second-order valence-electron chi connectivity index (χ2n) is 12.5. The predicted octanol–water partition coefficient (Wildman–Crippen LogP) is 7.83. The molecular formula is C39H25Cl2N3O7. The van der Waals surface area contributed by atoms with E-state index >= 15 is 0 Å². The highest BCUT2D eigenvalue weighted by atomic mass is 35.5. The van der Waals surface area contributed by atoms with E-state index in [0.29, 0.717) is 11.5 Å². The number of halogens is 2. The third kappa shape index (κ3) is 5.35. The number of hydrazine groups is 1. The minimum absolute atomic E-state index is 0.00548. The number of amides is 3. The molecule has 0 saturated carbocycles. The van der Waals surface area contributed by atoms with E-state index < -0.39 is 58.6 Å². The number of benzene rings is 5. The number of ether oxygens (including phenoxy) is 1. The van der Waals surface area contributed by atoms with Crippen molar-refractivity contribution in [1.29, 1.82) is 0 Å². The van der Waals surface area contributed by atoms with E-state index in [4.69, 9.17) is 27.9 Å². The van der Waals surface area contributed by atoms with Crippen molar-refractivity contribution >= 4 is 52.4 Å². The van der Waals surface area contributed by atoms with E-state index in [1.54, 1.807) is 0 Å². The average Bonchev–Trinajstić information content (AvgIpc) is 3.40. The van der Waals surface area contributed by atoms with Crippen LogP contribution in [0.15, 0.2) is 115 Å². The first-order chi connectivity index (χ1) is 24.6. The highest BCUT2D eigenvalue weighted by Crippen LogP contribution is 2.61. The number of nitro groups is 1. The van der Waals surface area contributed by atoms with Crippen LogP contribution in [0.25, 0.3) is 0 Å². The van der Waals surface area contributed by atoms with E-state index in [1.165, 1.54) is 66.7 Å². The zero-order valence-corrected chi connectivity index (χ0v) is 28.0. The van der Waals surface area contributed by atoms with Gasteiger partial charge >= 0.3 is 0 Å². The Hall–Kier alpha value is -5.84. The van der Waals surface area contributed by atoms with Gasteiger partial charge in [-0.1, -0.05) is 71.7 Å². The van der Waals surface area contributed by atoms with Crippen LogP contribution in [0.4, 0.5) is 5.69 Å². The van der Waals surface area contributed by atoms with Crippen molar-refractivity contribution in [3.05, 3.63) is 169 Å². The third-order valence-corrected chi connectivity index (χ3v) is 10.4. The van der Waals surface area contributed by atoms with Crippen LogP contribution in [0.2, 0.25) is 10.0 Å². The topological polar surface area (TPSA) is 127 Å². The van der Waals surface area contributed by atoms with Gasteiger partial charge in [-0.2, -0.15) is 5.01 Å². The molecule has 51 heavy (non-hydrogen) atoms. The lowest BCUT2D eigenvalue weighted by Gasteiger charge is -2.45. The van der Waals surface area contributed by atoms with Crippen molar-refractivity contribution < 1.29 is 28.8 Å². The summed E-state index contributed by atoms with van der Waals surface area (Å²) < 4.78 is 5.77. The Bertz CT molecular complexity index is 2180. The fourth-order valence-electron chi connectivity index (χ4n) is 7.64. The summed E-state index contributed by atoms with van der Waals surface area (Å²) >= 11 is 12.6. The quantitative estimate of drug-likeness (QED) is 0.0693. The Balaban J connectivity index is 1.13. The fraction of sp³-hybridized carbons (Fsp3) is 0.128. The summed E-state index contributed by atoms with van der Waals surface area (Å²) in [6, 6.07) is 31.4. The Kier molecular flexibility index (Phi) is 7.93. The van der Waals surface area contributed by atoms with Crippen LogP contribution in [-0.4, -0.2) is 45.0 Å². The van der Waals surface area contributed by atoms with Crippen molar-refractivity contribution in [2.45, 2.75) is 11.8 Å². The van der Waals surface area contributed by atoms with Crippen molar-refractivity contribution in [2.75, 3.05) is 6.54 Å². The predicted molar refractivity (Wildman–Crippen MR) is 187 cm³/mol. The van der Waals surface area contributed by atoms with Gasteiger partial charge in [0.25, 0.3) is 23.4 Å². The SMILES string of the molecule is O=C(CN(C(=O)c1ccc(Cl)cc1Cl)N1C(=O)[C@H]2C3c4ccccc4C(c4ccccc43)[C@@H]2C1=O)c1ccc(Oc2ccc([N+](=O)[O-])cc2)cc1. The van der Waals surface area contributed by atoms with Crippen LogP contribution < -0.4 is 4.74 Å². The van der Waals surface area contributed by atoms with Crippen molar-refractivity contribution in [2.24, 2.45) is 11.8 Å². The molecule has 1 heterocycles. The van der Waals surface area contributed by atoms with Gasteiger partial charge in [0.1, 0.15) is 18.0 Å². The number of Topliss-reactive ketones (excluding diaryl/α,β-unsaturated/α-hetero) is 1. The molecule has 4 aliphatic rings. The van der Waals surface area contributed by atoms with Gasteiger partial charge < -0.3 is 4.74 Å². The van der Waals surface area contributed by atoms with E-state index in [1.807, 2.05) is 48.5 Å². The van der Waals surface area contributed by atoms with Crippen molar-refractivity contribution in [3.8, 4) is 11.5 Å². The van der Waals surface area contributed by atoms with Gasteiger partial charge in [-0.25, -0.2) is 5.01 Å². The van der Waals surface area contributed by atoms with Crippen LogP contribution in [0, 0.1) is 22.0 Å². The normalized spacial score (nSPS) is 19.6. The average molecular weight is 719 g/mol. The van der Waals surface area contributed by atoms with Gasteiger partial charge in [0.2, 0.25) is 0 Å². The minimum atomic E-state index is -0.814. The van der Waals surface area contributed by atoms with Crippen LogP contribution in [0.3, 0.4) is 0 Å². The van der Waals surface area contributed by atoms with E-state index in [9.17, 15) is 29.3 Å². The van der Waals surface area contributed by atoms with Gasteiger partial charge in [0, 0.05) is 34.6 Å². The lowest BCUT2D eigenvalue weighted by Crippen LogP contribution is -2.52. The molecule has 3 amide bonds. The van der Waals surface area contributed by atoms with Crippen LogP contribution >= 0.6 is 23.2 Å². The number of imide groups is 1. The zero-order valence-electron chi connectivity index (χ0n) is 26.4. The maximum Gasteiger partial charge on any atom is 0.274 e. The maximum absolute atomic E-state index is 14.6. The summed E-state index contributed by atoms with van der Waals surface area (Å²) in [6.45, 7) is -0.646. The molecule has 252 valence electrons. The van der Waals surface area contributed by atoms with Gasteiger partial charge in [-0.3, -0.25) is 29.3 Å². The second-order valence-corrected chi connectivity index (χ2v) is 13.4. The Morgan fingerprint density at radius 1 is 0.725 bits per heavy atom. The van der Waals surface area contributed by atoms with E-state index in [-0.39, 0.29) is 26.9 Å². The number of hydrogen-bond acceptors (Lipinski definition) is 7. The number of nitro benzene ring substituents is 1. The molecule has 0 aromatic heterocycles. The lowest BCUT2D eigenvalue weighted by atomic mass is 9.55. The molecule has 5 aromatic carbocycles. The first-order valence-corrected chi connectivity index (χ1v) is 16.8. The number of non-ortho nitro benzene ring substituents is 1. The highest BCUT2D eigenvalue weighted by molar-refractivity contribution is 6.36. The molecule has 12 heteroatoms. The third-order valence-electron chi connectivity index (χ3n) is 9.82. The molecule has 0 radical (unpaired) electrons. The molecular weight excluding hydrogens is 693 g/mol. The lowest BCUT2D eigenvalue weighted by molar-refractivity contribution is -0.384. The van der Waals surface area contributed by atoms with E-state index in [0.717, 1.165) is 32.3 Å². The summed E-state index contributed by atoms with van der Waals surface area (Å²) in [6.07, 6.45) is 0. The molecule has 1 saturated heterocycles. The van der Waals surface area contributed by atoms with Gasteiger partial charge in [-0.15, -0.1) is 0 Å². The molecule has 5 aromatic rings. The first-order valence-electron chi connectivity index (χ1n) is 16.0. The molecule has 0 N–H and O–H groups in total. The molecule has 0 unspecified atom stereocenters. The van der Waals surface area contributed by atoms with E-state index in [2.05, 4.69) is 0 Å². The highest BCUT2D eigenvalue weighted by Gasteiger charge is 2.63. The molecule has 0 spiro atoms. The molecule has 10 nitrogen and oxygen atoms in total. The summed E-state index contributed by atoms with van der Waals surface area (Å²) in [7, 11) is 0. The zero-order chi connectivity index (χ0) is 35.6. The van der Waals surface area contributed by atoms with Crippen molar-refractivity contribution in [1.82, 2.24) is 10.0 Å². The monoisotopic (exact) mass is 717 g/mol. The smallest absolute Gasteiger partial charge is 0.274 e. The summed E-state index contributed by atoms with van der Waals surface area (Å²) in [5.74, 6) is -4.20. The number of ketones is 1. The Morgan fingerprint density at radius 2 is 1.22 bits per heavy atom. The molecule has 2 bridgehead atoms. The molecule has 3 aliphatic carbocycles. The summed E-state index contributed by atoms with van der Waals surface area (Å²) in [4.78, 5) is 67.8. The summed E-state index contributed by atoms with van der Waals surface area (Å²) in [5.41, 5.74) is 3.94. The molecule has 2 atom stereocenters. The largest absolute Gasteiger partial charge is 0.457 e. The number of hydrogen-bond donors (Lipinski definition) is 0. The van der Waals surface area contributed by atoms with Gasteiger partial charge in [0.15, 0.2) is 5.78 Å². The minimum Gasteiger partial charge on any atom is -0.457 e. The maximum atomic E-state index is 14.6. The number of rotatable bonds is 8. The fourth-order valence-corrected chi connectivity index (χ4v) is 8.13. The second kappa shape index (κ2) is 12.5. The van der Waals surface area contributed by atoms with Crippen LogP contribution in [0.5, 0.6) is 11.5 Å². The van der Waals surface area contributed by atoms with Gasteiger partial charge in [-0.05, 0) is 76.9 Å². The number of carbonyl (C=O) groups excluding carboxylic acids is 4. The first kappa shape index (κ1) is 32.4. The van der Waals surface area contributed by atoms with Crippen LogP contribution in [-0.2, 0) is 9.59 Å². The molecule has 9 rings (SSSR count).